The van der Waals surface area contributed by atoms with Gasteiger partial charge in [0.2, 0.25) is 0 Å². The fourth-order valence-corrected chi connectivity index (χ4v) is 6.89. The molecule has 3 N–H and O–H groups in total. The molecule has 0 aromatic carbocycles. The van der Waals surface area contributed by atoms with Crippen LogP contribution in [0.3, 0.4) is 0 Å². The SMILES string of the molecule is CC1CCOC(=O)/C=C\C=C/C(=O)OC2CC3C4OC34C2(C)C2(CCC(CO)=CC2O)COC(=O)C1O. The van der Waals surface area contributed by atoms with E-state index in [0.717, 1.165) is 6.08 Å². The normalized spacial score (nSPS) is 47.6. The molecule has 1 saturated heterocycles. The van der Waals surface area contributed by atoms with E-state index in [-0.39, 0.29) is 38.3 Å². The van der Waals surface area contributed by atoms with Crippen molar-refractivity contribution in [2.24, 2.45) is 22.7 Å². The van der Waals surface area contributed by atoms with Gasteiger partial charge in [0.15, 0.2) is 6.10 Å². The van der Waals surface area contributed by atoms with Crippen molar-refractivity contribution >= 4 is 17.9 Å². The van der Waals surface area contributed by atoms with Crippen LogP contribution in [-0.2, 0) is 33.3 Å². The minimum absolute atomic E-state index is 0.00315. The van der Waals surface area contributed by atoms with Crippen LogP contribution in [0.4, 0.5) is 0 Å². The van der Waals surface area contributed by atoms with E-state index in [1.807, 2.05) is 6.92 Å². The van der Waals surface area contributed by atoms with Crippen LogP contribution < -0.4 is 0 Å². The summed E-state index contributed by atoms with van der Waals surface area (Å²) in [5, 5.41) is 31.8. The Morgan fingerprint density at radius 3 is 2.49 bits per heavy atom. The Morgan fingerprint density at radius 2 is 1.81 bits per heavy atom. The zero-order valence-corrected chi connectivity index (χ0v) is 21.0. The molecule has 5 aliphatic rings. The van der Waals surface area contributed by atoms with Crippen molar-refractivity contribution < 1.29 is 48.7 Å². The number of cyclic esters (lactones) is 2. The van der Waals surface area contributed by atoms with Gasteiger partial charge in [-0.05, 0) is 37.2 Å². The average Bonchev–Trinajstić information content (AvgIpc) is 3.75. The third kappa shape index (κ3) is 3.96. The van der Waals surface area contributed by atoms with Crippen molar-refractivity contribution in [2.75, 3.05) is 19.8 Å². The lowest BCUT2D eigenvalue weighted by Crippen LogP contribution is -2.61. The van der Waals surface area contributed by atoms with Crippen LogP contribution in [0.15, 0.2) is 36.0 Å². The highest BCUT2D eigenvalue weighted by atomic mass is 16.7. The van der Waals surface area contributed by atoms with Crippen molar-refractivity contribution in [1.29, 1.82) is 0 Å². The van der Waals surface area contributed by atoms with Gasteiger partial charge in [-0.3, -0.25) is 0 Å². The molecule has 0 aromatic rings. The van der Waals surface area contributed by atoms with Crippen molar-refractivity contribution in [3.8, 4) is 0 Å². The maximum atomic E-state index is 12.9. The number of esters is 3. The number of ether oxygens (including phenoxy) is 4. The zero-order chi connectivity index (χ0) is 26.6. The van der Waals surface area contributed by atoms with Crippen LogP contribution in [0.5, 0.6) is 0 Å². The van der Waals surface area contributed by atoms with Gasteiger partial charge in [-0.2, -0.15) is 0 Å². The van der Waals surface area contributed by atoms with E-state index in [1.54, 1.807) is 13.0 Å². The molecule has 2 saturated carbocycles. The van der Waals surface area contributed by atoms with Gasteiger partial charge in [0, 0.05) is 28.9 Å². The summed E-state index contributed by atoms with van der Waals surface area (Å²) >= 11 is 0. The Hall–Kier alpha value is -2.53. The van der Waals surface area contributed by atoms with Crippen molar-refractivity contribution in [3.05, 3.63) is 36.0 Å². The summed E-state index contributed by atoms with van der Waals surface area (Å²) in [6.45, 7) is 3.13. The van der Waals surface area contributed by atoms with Crippen LogP contribution in [0.1, 0.15) is 39.5 Å². The molecule has 10 nitrogen and oxygen atoms in total. The number of hydrogen-bond acceptors (Lipinski definition) is 10. The maximum absolute atomic E-state index is 12.9. The molecule has 0 radical (unpaired) electrons. The topological polar surface area (TPSA) is 152 Å². The summed E-state index contributed by atoms with van der Waals surface area (Å²) in [5.41, 5.74) is -1.90. The lowest BCUT2D eigenvalue weighted by Gasteiger charge is -2.53. The van der Waals surface area contributed by atoms with Gasteiger partial charge in [0.05, 0.1) is 25.4 Å². The maximum Gasteiger partial charge on any atom is 0.335 e. The van der Waals surface area contributed by atoms with Crippen molar-refractivity contribution in [1.82, 2.24) is 0 Å². The third-order valence-electron chi connectivity index (χ3n) is 9.41. The number of aliphatic hydroxyl groups excluding tert-OH is 3. The van der Waals surface area contributed by atoms with Gasteiger partial charge < -0.3 is 34.3 Å². The Morgan fingerprint density at radius 1 is 1.08 bits per heavy atom. The number of hydrogen-bond donors (Lipinski definition) is 3. The highest BCUT2D eigenvalue weighted by molar-refractivity contribution is 5.84. The molecule has 202 valence electrons. The minimum Gasteiger partial charge on any atom is -0.463 e. The predicted octanol–water partition coefficient (Wildman–Crippen LogP) is 0.735. The molecular weight excluding hydrogens is 484 g/mol. The van der Waals surface area contributed by atoms with Gasteiger partial charge in [0.25, 0.3) is 0 Å². The number of epoxide rings is 1. The van der Waals surface area contributed by atoms with E-state index in [0.29, 0.717) is 24.8 Å². The van der Waals surface area contributed by atoms with Gasteiger partial charge in [-0.25, -0.2) is 14.4 Å². The zero-order valence-electron chi connectivity index (χ0n) is 21.0. The van der Waals surface area contributed by atoms with Gasteiger partial charge >= 0.3 is 17.9 Å². The van der Waals surface area contributed by atoms with Gasteiger partial charge in [-0.15, -0.1) is 0 Å². The molecule has 0 aromatic heterocycles. The standard InChI is InChI=1S/C27H34O10/c1-15-8-10-34-20(30)5-3-4-6-21(31)36-19-12-17-23-27(17,37-23)25(19,2)26(14-35-24(33)22(15)32)9-7-16(13-28)11-18(26)29/h3-6,11,15,17-19,22-23,28-29,32H,7-10,12-14H2,1-2H3/b5-3-,6-4-. The van der Waals surface area contributed by atoms with Crippen molar-refractivity contribution in [2.45, 2.75) is 69.5 Å². The quantitative estimate of drug-likeness (QED) is 0.196. The van der Waals surface area contributed by atoms with Crippen LogP contribution in [0.25, 0.3) is 0 Å². The molecule has 0 bridgehead atoms. The average molecular weight is 519 g/mol. The number of allylic oxidation sites excluding steroid dienone is 2. The first-order chi connectivity index (χ1) is 17.6. The molecule has 3 aliphatic carbocycles. The second-order valence-electron chi connectivity index (χ2n) is 11.1. The Bertz CT molecular complexity index is 1060. The molecule has 2 aliphatic heterocycles. The van der Waals surface area contributed by atoms with Crippen LogP contribution in [0.2, 0.25) is 0 Å². The smallest absolute Gasteiger partial charge is 0.335 e. The summed E-state index contributed by atoms with van der Waals surface area (Å²) in [7, 11) is 0. The summed E-state index contributed by atoms with van der Waals surface area (Å²) in [5.74, 6) is -2.46. The number of carbonyl (C=O) groups is 3. The minimum atomic E-state index is -1.46. The van der Waals surface area contributed by atoms with Crippen LogP contribution in [0, 0.1) is 22.7 Å². The highest BCUT2D eigenvalue weighted by Crippen LogP contribution is 2.84. The van der Waals surface area contributed by atoms with E-state index in [9.17, 15) is 29.7 Å². The first kappa shape index (κ1) is 26.1. The predicted molar refractivity (Wildman–Crippen MR) is 127 cm³/mol. The Labute approximate surface area is 214 Å². The third-order valence-corrected chi connectivity index (χ3v) is 9.41. The molecule has 10 heteroatoms. The highest BCUT2D eigenvalue weighted by Gasteiger charge is 2.96. The first-order valence-corrected chi connectivity index (χ1v) is 12.8. The fraction of sp³-hybridized carbons (Fsp3) is 0.667. The summed E-state index contributed by atoms with van der Waals surface area (Å²) in [6.07, 6.45) is 5.13. The molecule has 0 amide bonds. The van der Waals surface area contributed by atoms with Gasteiger partial charge in [-0.1, -0.05) is 32.1 Å². The number of carbonyl (C=O) groups excluding carboxylic acids is 3. The lowest BCUT2D eigenvalue weighted by atomic mass is 9.53. The molecule has 5 rings (SSSR count). The van der Waals surface area contributed by atoms with Crippen molar-refractivity contribution in [3.63, 3.8) is 0 Å². The summed E-state index contributed by atoms with van der Waals surface area (Å²) in [4.78, 5) is 37.5. The largest absolute Gasteiger partial charge is 0.463 e. The van der Waals surface area contributed by atoms with E-state index < -0.39 is 58.6 Å². The fourth-order valence-electron chi connectivity index (χ4n) is 6.89. The number of aliphatic hydroxyl groups is 3. The molecule has 9 unspecified atom stereocenters. The Balaban J connectivity index is 1.51. The van der Waals surface area contributed by atoms with E-state index in [2.05, 4.69) is 0 Å². The van der Waals surface area contributed by atoms with Crippen LogP contribution >= 0.6 is 0 Å². The van der Waals surface area contributed by atoms with Gasteiger partial charge in [0.1, 0.15) is 18.3 Å². The molecule has 37 heavy (non-hydrogen) atoms. The molecule has 2 heterocycles. The second kappa shape index (κ2) is 9.34. The monoisotopic (exact) mass is 518 g/mol. The first-order valence-electron chi connectivity index (χ1n) is 12.8. The molecule has 3 fully saturated rings. The van der Waals surface area contributed by atoms with E-state index in [4.69, 9.17) is 18.9 Å². The number of fused-ring (bicyclic) bond motifs is 3. The molecular formula is C27H34O10. The summed E-state index contributed by atoms with van der Waals surface area (Å²) in [6, 6.07) is 0. The van der Waals surface area contributed by atoms with E-state index in [1.165, 1.54) is 18.2 Å². The Kier molecular flexibility index (Phi) is 6.59. The van der Waals surface area contributed by atoms with E-state index >= 15 is 0 Å². The van der Waals surface area contributed by atoms with Crippen LogP contribution in [-0.4, -0.2) is 83.1 Å². The molecule has 2 spiro atoms. The number of rotatable bonds is 1. The summed E-state index contributed by atoms with van der Waals surface area (Å²) < 4.78 is 22.7. The lowest BCUT2D eigenvalue weighted by molar-refractivity contribution is -0.194. The molecule has 9 atom stereocenters. The second-order valence-corrected chi connectivity index (χ2v) is 11.1.